The molecule has 6 heteroatoms. The van der Waals surface area contributed by atoms with Crippen LogP contribution < -0.4 is 10.1 Å². The van der Waals surface area contributed by atoms with Crippen molar-refractivity contribution < 1.29 is 14.3 Å². The largest absolute Gasteiger partial charge is 0.479 e. The fourth-order valence-corrected chi connectivity index (χ4v) is 1.88. The van der Waals surface area contributed by atoms with Gasteiger partial charge >= 0.3 is 0 Å². The van der Waals surface area contributed by atoms with E-state index in [0.29, 0.717) is 21.4 Å². The van der Waals surface area contributed by atoms with Crippen LogP contribution >= 0.6 is 23.2 Å². The number of nitrogens with one attached hydrogen (secondary N) is 1. The lowest BCUT2D eigenvalue weighted by Gasteiger charge is -2.25. The maximum atomic E-state index is 12.1. The van der Waals surface area contributed by atoms with Crippen LogP contribution in [-0.4, -0.2) is 23.3 Å². The summed E-state index contributed by atoms with van der Waals surface area (Å²) in [6.07, 6.45) is -0.790. The maximum absolute atomic E-state index is 12.1. The highest BCUT2D eigenvalue weighted by atomic mass is 35.5. The van der Waals surface area contributed by atoms with Gasteiger partial charge in [0.2, 0.25) is 0 Å². The monoisotopic (exact) mass is 331 g/mol. The maximum Gasteiger partial charge on any atom is 0.261 e. The lowest BCUT2D eigenvalue weighted by Crippen LogP contribution is -2.52. The number of benzene rings is 1. The average Bonchev–Trinajstić information content (AvgIpc) is 2.38. The summed E-state index contributed by atoms with van der Waals surface area (Å²) in [5.41, 5.74) is -0.249. The number of carbonyl (C=O) groups excluding carboxylic acids is 2. The van der Waals surface area contributed by atoms with Gasteiger partial charge in [-0.15, -0.1) is 0 Å². The molecule has 1 unspecified atom stereocenters. The second kappa shape index (κ2) is 6.67. The molecule has 1 amide bonds. The second-order valence-corrected chi connectivity index (χ2v) is 6.20. The molecule has 4 nitrogen and oxygen atoms in total. The molecule has 0 spiro atoms. The number of hydrogen-bond donors (Lipinski definition) is 1. The minimum atomic E-state index is -0.936. The van der Waals surface area contributed by atoms with Crippen molar-refractivity contribution in [3.63, 3.8) is 0 Å². The van der Waals surface area contributed by atoms with Gasteiger partial charge in [-0.05, 0) is 52.3 Å². The van der Waals surface area contributed by atoms with Crippen molar-refractivity contribution in [3.05, 3.63) is 27.7 Å². The van der Waals surface area contributed by atoms with E-state index in [0.717, 1.165) is 0 Å². The first-order valence-corrected chi connectivity index (χ1v) is 7.26. The molecule has 0 aliphatic rings. The van der Waals surface area contributed by atoms with E-state index in [1.165, 1.54) is 6.92 Å². The summed E-state index contributed by atoms with van der Waals surface area (Å²) in [5.74, 6) is -0.149. The smallest absolute Gasteiger partial charge is 0.261 e. The van der Waals surface area contributed by atoms with Crippen LogP contribution in [0.2, 0.25) is 10.0 Å². The molecule has 1 N–H and O–H groups in total. The summed E-state index contributed by atoms with van der Waals surface area (Å²) in [7, 11) is 0. The lowest BCUT2D eigenvalue weighted by molar-refractivity contribution is -0.133. The Balaban J connectivity index is 2.82. The van der Waals surface area contributed by atoms with Crippen LogP contribution in [0.25, 0.3) is 0 Å². The third kappa shape index (κ3) is 4.35. The molecule has 1 rings (SSSR count). The first-order valence-electron chi connectivity index (χ1n) is 6.50. The van der Waals surface area contributed by atoms with Gasteiger partial charge in [0, 0.05) is 5.02 Å². The van der Waals surface area contributed by atoms with Crippen LogP contribution in [0.4, 0.5) is 0 Å². The standard InChI is InChI=1S/C15H19Cl2NO3/c1-8-11(16)6-7-12(13(8)17)21-9(2)14(20)18-15(4,5)10(3)19/h6-7,9H,1-5H3,(H,18,20). The summed E-state index contributed by atoms with van der Waals surface area (Å²) >= 11 is 12.1. The van der Waals surface area contributed by atoms with Gasteiger partial charge in [-0.25, -0.2) is 0 Å². The molecule has 0 fully saturated rings. The van der Waals surface area contributed by atoms with Crippen molar-refractivity contribution in [1.29, 1.82) is 0 Å². The first kappa shape index (κ1) is 17.8. The van der Waals surface area contributed by atoms with Crippen molar-refractivity contribution in [2.24, 2.45) is 0 Å². The Morgan fingerprint density at radius 2 is 1.86 bits per heavy atom. The quantitative estimate of drug-likeness (QED) is 0.897. The van der Waals surface area contributed by atoms with Crippen molar-refractivity contribution in [2.75, 3.05) is 0 Å². The Morgan fingerprint density at radius 3 is 2.38 bits per heavy atom. The van der Waals surface area contributed by atoms with Gasteiger partial charge in [0.05, 0.1) is 10.6 Å². The topological polar surface area (TPSA) is 55.4 Å². The summed E-state index contributed by atoms with van der Waals surface area (Å²) in [5, 5.41) is 3.54. The van der Waals surface area contributed by atoms with Crippen molar-refractivity contribution in [3.8, 4) is 5.75 Å². The van der Waals surface area contributed by atoms with Crippen LogP contribution in [-0.2, 0) is 9.59 Å². The van der Waals surface area contributed by atoms with Crippen molar-refractivity contribution >= 4 is 34.9 Å². The summed E-state index contributed by atoms with van der Waals surface area (Å²) in [6, 6.07) is 3.26. The van der Waals surface area contributed by atoms with E-state index < -0.39 is 11.6 Å². The SMILES string of the molecule is CC(=O)C(C)(C)NC(=O)C(C)Oc1ccc(Cl)c(C)c1Cl. The molecule has 21 heavy (non-hydrogen) atoms. The number of ketones is 1. The Labute approximate surface area is 134 Å². The molecule has 0 heterocycles. The molecule has 1 aromatic carbocycles. The third-order valence-electron chi connectivity index (χ3n) is 3.27. The van der Waals surface area contributed by atoms with Crippen LogP contribution in [0.5, 0.6) is 5.75 Å². The minimum Gasteiger partial charge on any atom is -0.479 e. The fraction of sp³-hybridized carbons (Fsp3) is 0.467. The van der Waals surface area contributed by atoms with Gasteiger partial charge in [-0.1, -0.05) is 23.2 Å². The second-order valence-electron chi connectivity index (χ2n) is 5.42. The predicted molar refractivity (Wildman–Crippen MR) is 84.2 cm³/mol. The average molecular weight is 332 g/mol. The molecule has 1 aromatic rings. The van der Waals surface area contributed by atoms with E-state index in [1.54, 1.807) is 39.8 Å². The normalized spacial score (nSPS) is 12.7. The Kier molecular flexibility index (Phi) is 5.65. The van der Waals surface area contributed by atoms with E-state index >= 15 is 0 Å². The third-order valence-corrected chi connectivity index (χ3v) is 4.15. The number of carbonyl (C=O) groups is 2. The molecule has 1 atom stereocenters. The van der Waals surface area contributed by atoms with E-state index in [9.17, 15) is 9.59 Å². The zero-order chi connectivity index (χ0) is 16.4. The van der Waals surface area contributed by atoms with Crippen molar-refractivity contribution in [2.45, 2.75) is 46.3 Å². The van der Waals surface area contributed by atoms with Gasteiger partial charge in [0.15, 0.2) is 11.9 Å². The number of hydrogen-bond acceptors (Lipinski definition) is 3. The summed E-state index contributed by atoms with van der Waals surface area (Å²) < 4.78 is 5.55. The van der Waals surface area contributed by atoms with Gasteiger partial charge < -0.3 is 10.1 Å². The molecule has 0 aliphatic carbocycles. The molecule has 116 valence electrons. The van der Waals surface area contributed by atoms with E-state index in [1.807, 2.05) is 0 Å². The summed E-state index contributed by atoms with van der Waals surface area (Å²) in [6.45, 7) is 8.05. The number of Topliss-reactive ketones (excluding diaryl/α,β-unsaturated/α-hetero) is 1. The Bertz CT molecular complexity index is 570. The van der Waals surface area contributed by atoms with Gasteiger partial charge in [-0.3, -0.25) is 9.59 Å². The highest BCUT2D eigenvalue weighted by molar-refractivity contribution is 6.36. The van der Waals surface area contributed by atoms with E-state index in [2.05, 4.69) is 5.32 Å². The van der Waals surface area contributed by atoms with Crippen LogP contribution in [0.1, 0.15) is 33.3 Å². The van der Waals surface area contributed by atoms with Gasteiger partial charge in [-0.2, -0.15) is 0 Å². The molecule has 0 saturated heterocycles. The van der Waals surface area contributed by atoms with Crippen LogP contribution in [0.15, 0.2) is 12.1 Å². The van der Waals surface area contributed by atoms with E-state index in [4.69, 9.17) is 27.9 Å². The molecule has 0 aliphatic heterocycles. The molecule has 0 aromatic heterocycles. The number of amides is 1. The minimum absolute atomic E-state index is 0.136. The first-order chi connectivity index (χ1) is 9.56. The van der Waals surface area contributed by atoms with Crippen LogP contribution in [0.3, 0.4) is 0 Å². The fourth-order valence-electron chi connectivity index (χ4n) is 1.47. The zero-order valence-corrected chi connectivity index (χ0v) is 14.2. The molecule has 0 saturated carbocycles. The molecular formula is C15H19Cl2NO3. The summed E-state index contributed by atoms with van der Waals surface area (Å²) in [4.78, 5) is 23.5. The Hall–Kier alpha value is -1.26. The number of halogens is 2. The highest BCUT2D eigenvalue weighted by Gasteiger charge is 2.28. The predicted octanol–water partition coefficient (Wildman–Crippen LogP) is 3.55. The molecular weight excluding hydrogens is 313 g/mol. The van der Waals surface area contributed by atoms with Gasteiger partial charge in [0.25, 0.3) is 5.91 Å². The Morgan fingerprint density at radius 1 is 1.29 bits per heavy atom. The van der Waals surface area contributed by atoms with Crippen LogP contribution in [0, 0.1) is 6.92 Å². The highest BCUT2D eigenvalue weighted by Crippen LogP contribution is 2.33. The zero-order valence-electron chi connectivity index (χ0n) is 12.7. The van der Waals surface area contributed by atoms with E-state index in [-0.39, 0.29) is 11.7 Å². The number of rotatable bonds is 5. The molecule has 0 radical (unpaired) electrons. The lowest BCUT2D eigenvalue weighted by atomic mass is 10.0. The number of ether oxygens (including phenoxy) is 1. The van der Waals surface area contributed by atoms with Crippen molar-refractivity contribution in [1.82, 2.24) is 5.32 Å². The van der Waals surface area contributed by atoms with Gasteiger partial charge in [0.1, 0.15) is 5.75 Å². The molecule has 0 bridgehead atoms.